The number of ether oxygens (including phenoxy) is 2. The van der Waals surface area contributed by atoms with Crippen molar-refractivity contribution in [3.63, 3.8) is 0 Å². The maximum absolute atomic E-state index is 5.79. The zero-order chi connectivity index (χ0) is 9.47. The fraction of sp³-hybridized carbons (Fsp3) is 0.818. The Morgan fingerprint density at radius 1 is 1.46 bits per heavy atom. The molecule has 2 heteroatoms. The zero-order valence-corrected chi connectivity index (χ0v) is 8.62. The van der Waals surface area contributed by atoms with Crippen molar-refractivity contribution in [1.82, 2.24) is 0 Å². The van der Waals surface area contributed by atoms with E-state index in [0.717, 1.165) is 6.42 Å². The zero-order valence-electron chi connectivity index (χ0n) is 8.62. The summed E-state index contributed by atoms with van der Waals surface area (Å²) in [4.78, 5) is 0. The van der Waals surface area contributed by atoms with Crippen molar-refractivity contribution in [2.24, 2.45) is 11.3 Å². The molecule has 74 valence electrons. The van der Waals surface area contributed by atoms with Gasteiger partial charge in [0, 0.05) is 13.0 Å². The van der Waals surface area contributed by atoms with Crippen molar-refractivity contribution < 1.29 is 9.47 Å². The van der Waals surface area contributed by atoms with Crippen molar-refractivity contribution in [2.75, 3.05) is 7.11 Å². The highest BCUT2D eigenvalue weighted by molar-refractivity contribution is 5.17. The van der Waals surface area contributed by atoms with Gasteiger partial charge in [-0.15, -0.1) is 0 Å². The van der Waals surface area contributed by atoms with E-state index in [0.29, 0.717) is 17.4 Å². The number of fused-ring (bicyclic) bond motifs is 2. The number of hydrogen-bond acceptors (Lipinski definition) is 2. The SMILES string of the molecule is COC(C)OC1CC2(C)C=CC1C2. The van der Waals surface area contributed by atoms with Crippen molar-refractivity contribution >= 4 is 0 Å². The molecule has 0 radical (unpaired) electrons. The molecule has 4 unspecified atom stereocenters. The minimum atomic E-state index is -0.0682. The van der Waals surface area contributed by atoms with Crippen LogP contribution in [0.4, 0.5) is 0 Å². The van der Waals surface area contributed by atoms with Gasteiger partial charge in [0.15, 0.2) is 6.29 Å². The van der Waals surface area contributed by atoms with E-state index in [1.165, 1.54) is 6.42 Å². The van der Waals surface area contributed by atoms with Gasteiger partial charge in [-0.2, -0.15) is 0 Å². The summed E-state index contributed by atoms with van der Waals surface area (Å²) in [6, 6.07) is 0. The van der Waals surface area contributed by atoms with Crippen LogP contribution in [-0.2, 0) is 9.47 Å². The van der Waals surface area contributed by atoms with Crippen molar-refractivity contribution in [1.29, 1.82) is 0 Å². The Hall–Kier alpha value is -0.340. The molecule has 0 amide bonds. The summed E-state index contributed by atoms with van der Waals surface area (Å²) in [7, 11) is 1.69. The molecule has 0 N–H and O–H groups in total. The molecular weight excluding hydrogens is 164 g/mol. The smallest absolute Gasteiger partial charge is 0.154 e. The lowest BCUT2D eigenvalue weighted by Gasteiger charge is -2.24. The molecule has 2 aliphatic carbocycles. The van der Waals surface area contributed by atoms with Gasteiger partial charge in [-0.3, -0.25) is 0 Å². The normalized spacial score (nSPS) is 44.2. The molecule has 2 rings (SSSR count). The van der Waals surface area contributed by atoms with E-state index in [2.05, 4.69) is 19.1 Å². The van der Waals surface area contributed by atoms with Crippen LogP contribution >= 0.6 is 0 Å². The highest BCUT2D eigenvalue weighted by Crippen LogP contribution is 2.50. The van der Waals surface area contributed by atoms with Crippen LogP contribution in [0.25, 0.3) is 0 Å². The van der Waals surface area contributed by atoms with E-state index in [1.54, 1.807) is 7.11 Å². The summed E-state index contributed by atoms with van der Waals surface area (Å²) in [5.41, 5.74) is 0.406. The van der Waals surface area contributed by atoms with Crippen LogP contribution in [0.15, 0.2) is 12.2 Å². The summed E-state index contributed by atoms with van der Waals surface area (Å²) < 4.78 is 10.9. The Labute approximate surface area is 79.9 Å². The highest BCUT2D eigenvalue weighted by Gasteiger charge is 2.44. The fourth-order valence-electron chi connectivity index (χ4n) is 2.50. The summed E-state index contributed by atoms with van der Waals surface area (Å²) in [5, 5.41) is 0. The first-order chi connectivity index (χ1) is 6.13. The van der Waals surface area contributed by atoms with Crippen molar-refractivity contribution in [2.45, 2.75) is 39.1 Å². The average Bonchev–Trinajstić information content (AvgIpc) is 2.59. The molecule has 0 saturated heterocycles. The lowest BCUT2D eigenvalue weighted by atomic mass is 9.90. The van der Waals surface area contributed by atoms with Gasteiger partial charge in [0.1, 0.15) is 0 Å². The summed E-state index contributed by atoms with van der Waals surface area (Å²) in [5.74, 6) is 0.627. The third kappa shape index (κ3) is 1.65. The molecular formula is C11H18O2. The molecule has 2 aliphatic rings. The van der Waals surface area contributed by atoms with Gasteiger partial charge in [-0.25, -0.2) is 0 Å². The lowest BCUT2D eigenvalue weighted by molar-refractivity contribution is -0.150. The number of allylic oxidation sites excluding steroid dienone is 1. The second-order valence-electron chi connectivity index (χ2n) is 4.56. The third-order valence-electron chi connectivity index (χ3n) is 3.29. The maximum Gasteiger partial charge on any atom is 0.154 e. The van der Waals surface area contributed by atoms with Gasteiger partial charge in [0.2, 0.25) is 0 Å². The van der Waals surface area contributed by atoms with E-state index in [9.17, 15) is 0 Å². The molecule has 1 saturated carbocycles. The Bertz CT molecular complexity index is 224. The first-order valence-corrected chi connectivity index (χ1v) is 5.00. The summed E-state index contributed by atoms with van der Waals surface area (Å²) in [6.45, 7) is 4.27. The molecule has 0 aromatic rings. The fourth-order valence-corrected chi connectivity index (χ4v) is 2.50. The highest BCUT2D eigenvalue weighted by atomic mass is 16.7. The maximum atomic E-state index is 5.79. The standard InChI is InChI=1S/C11H18O2/c1-8(12-3)13-10-7-11(2)5-4-9(10)6-11/h4-5,8-10H,6-7H2,1-3H3. The molecule has 4 atom stereocenters. The van der Waals surface area contributed by atoms with Crippen LogP contribution in [0.1, 0.15) is 26.7 Å². The molecule has 13 heavy (non-hydrogen) atoms. The number of rotatable bonds is 3. The third-order valence-corrected chi connectivity index (χ3v) is 3.29. The summed E-state index contributed by atoms with van der Waals surface area (Å²) >= 11 is 0. The lowest BCUT2D eigenvalue weighted by Crippen LogP contribution is -2.25. The van der Waals surface area contributed by atoms with E-state index in [4.69, 9.17) is 9.47 Å². The minimum Gasteiger partial charge on any atom is -0.356 e. The molecule has 0 aromatic heterocycles. The number of methoxy groups -OCH3 is 1. The number of hydrogen-bond donors (Lipinski definition) is 0. The van der Waals surface area contributed by atoms with Gasteiger partial charge < -0.3 is 9.47 Å². The second-order valence-corrected chi connectivity index (χ2v) is 4.56. The molecule has 2 nitrogen and oxygen atoms in total. The first-order valence-electron chi connectivity index (χ1n) is 5.00. The van der Waals surface area contributed by atoms with Crippen molar-refractivity contribution in [3.8, 4) is 0 Å². The van der Waals surface area contributed by atoms with Crippen LogP contribution < -0.4 is 0 Å². The van der Waals surface area contributed by atoms with Crippen LogP contribution in [0, 0.1) is 11.3 Å². The Balaban J connectivity index is 1.94. The average molecular weight is 182 g/mol. The molecule has 0 aliphatic heterocycles. The summed E-state index contributed by atoms with van der Waals surface area (Å²) in [6.07, 6.45) is 7.37. The van der Waals surface area contributed by atoms with Crippen LogP contribution in [-0.4, -0.2) is 19.5 Å². The van der Waals surface area contributed by atoms with E-state index >= 15 is 0 Å². The van der Waals surface area contributed by atoms with Crippen LogP contribution in [0.5, 0.6) is 0 Å². The topological polar surface area (TPSA) is 18.5 Å². The van der Waals surface area contributed by atoms with Gasteiger partial charge in [0.25, 0.3) is 0 Å². The van der Waals surface area contributed by atoms with Gasteiger partial charge in [-0.1, -0.05) is 19.1 Å². The van der Waals surface area contributed by atoms with Gasteiger partial charge in [0.05, 0.1) is 6.10 Å². The molecule has 0 heterocycles. The molecule has 0 aromatic carbocycles. The quantitative estimate of drug-likeness (QED) is 0.492. The predicted molar refractivity (Wildman–Crippen MR) is 51.3 cm³/mol. The minimum absolute atomic E-state index is 0.0682. The Morgan fingerprint density at radius 3 is 2.69 bits per heavy atom. The van der Waals surface area contributed by atoms with E-state index < -0.39 is 0 Å². The van der Waals surface area contributed by atoms with E-state index in [-0.39, 0.29) is 6.29 Å². The van der Waals surface area contributed by atoms with Crippen LogP contribution in [0.3, 0.4) is 0 Å². The van der Waals surface area contributed by atoms with E-state index in [1.807, 2.05) is 6.92 Å². The molecule has 2 bridgehead atoms. The Morgan fingerprint density at radius 2 is 2.23 bits per heavy atom. The predicted octanol–water partition coefficient (Wildman–Crippen LogP) is 2.35. The van der Waals surface area contributed by atoms with Gasteiger partial charge >= 0.3 is 0 Å². The monoisotopic (exact) mass is 182 g/mol. The van der Waals surface area contributed by atoms with Crippen LogP contribution in [0.2, 0.25) is 0 Å². The van der Waals surface area contributed by atoms with Crippen molar-refractivity contribution in [3.05, 3.63) is 12.2 Å². The Kier molecular flexibility index (Phi) is 2.20. The molecule has 0 spiro atoms. The molecule has 1 fully saturated rings. The second kappa shape index (κ2) is 3.10. The largest absolute Gasteiger partial charge is 0.356 e. The van der Waals surface area contributed by atoms with Gasteiger partial charge in [-0.05, 0) is 25.2 Å². The first kappa shape index (κ1) is 9.22.